The molecule has 7 heteroatoms. The Balaban J connectivity index is 1.66. The van der Waals surface area contributed by atoms with Crippen molar-refractivity contribution < 1.29 is 9.53 Å². The number of thioether (sulfide) groups is 1. The summed E-state index contributed by atoms with van der Waals surface area (Å²) < 4.78 is 7.41. The first-order valence-corrected chi connectivity index (χ1v) is 11.9. The molecule has 0 amide bonds. The Labute approximate surface area is 197 Å². The van der Waals surface area contributed by atoms with Crippen LogP contribution < -0.4 is 0 Å². The molecule has 0 aliphatic heterocycles. The normalized spacial score (nSPS) is 11.0. The molecule has 2 heterocycles. The average molecular weight is 459 g/mol. The summed E-state index contributed by atoms with van der Waals surface area (Å²) >= 11 is 1.51. The highest BCUT2D eigenvalue weighted by molar-refractivity contribution is 7.98. The van der Waals surface area contributed by atoms with Gasteiger partial charge in [-0.2, -0.15) is 0 Å². The molecule has 6 nitrogen and oxygen atoms in total. The summed E-state index contributed by atoms with van der Waals surface area (Å²) in [5.41, 5.74) is 4.13. The highest BCUT2D eigenvalue weighted by atomic mass is 32.2. The van der Waals surface area contributed by atoms with Crippen LogP contribution in [0.4, 0.5) is 0 Å². The van der Waals surface area contributed by atoms with Crippen molar-refractivity contribution >= 4 is 28.6 Å². The lowest BCUT2D eigenvalue weighted by Crippen LogP contribution is -2.12. The molecule has 0 aliphatic carbocycles. The molecular weight excluding hydrogens is 432 g/mol. The van der Waals surface area contributed by atoms with Gasteiger partial charge in [0.25, 0.3) is 0 Å². The number of carbonyl (C=O) groups excluding carboxylic acids is 1. The molecule has 0 saturated heterocycles. The van der Waals surface area contributed by atoms with E-state index in [0.29, 0.717) is 36.6 Å². The van der Waals surface area contributed by atoms with Crippen molar-refractivity contribution in [1.82, 2.24) is 19.7 Å². The van der Waals surface area contributed by atoms with Gasteiger partial charge < -0.3 is 9.30 Å². The number of hydrogen-bond acceptors (Lipinski definition) is 6. The molecule has 168 valence electrons. The second kappa shape index (κ2) is 10.4. The molecule has 2 aromatic heterocycles. The summed E-state index contributed by atoms with van der Waals surface area (Å²) in [5, 5.41) is 10.6. The van der Waals surface area contributed by atoms with Crippen LogP contribution in [0.3, 0.4) is 0 Å². The van der Waals surface area contributed by atoms with Crippen LogP contribution >= 0.6 is 11.8 Å². The summed E-state index contributed by atoms with van der Waals surface area (Å²) in [4.78, 5) is 17.6. The molecule has 0 N–H and O–H groups in total. The van der Waals surface area contributed by atoms with Gasteiger partial charge in [0, 0.05) is 24.1 Å². The molecule has 0 fully saturated rings. The van der Waals surface area contributed by atoms with Crippen LogP contribution in [0.2, 0.25) is 0 Å². The van der Waals surface area contributed by atoms with Crippen molar-refractivity contribution in [3.05, 3.63) is 95.5 Å². The maximum Gasteiger partial charge on any atom is 0.340 e. The fraction of sp³-hybridized carbons (Fsp3) is 0.231. The third kappa shape index (κ3) is 4.98. The second-order valence-corrected chi connectivity index (χ2v) is 8.49. The number of benzene rings is 2. The SMILES string of the molecule is C=CCn1c(Cc2ccccc2)nnc1SCc1nc2ccccc2c(C)c1C(=O)OCC. The fourth-order valence-electron chi connectivity index (χ4n) is 3.80. The maximum atomic E-state index is 12.8. The Kier molecular flexibility index (Phi) is 7.19. The van der Waals surface area contributed by atoms with Crippen molar-refractivity contribution in [3.63, 3.8) is 0 Å². The minimum atomic E-state index is -0.346. The van der Waals surface area contributed by atoms with Crippen LogP contribution in [-0.2, 0) is 23.5 Å². The number of carbonyl (C=O) groups is 1. The van der Waals surface area contributed by atoms with E-state index in [4.69, 9.17) is 9.72 Å². The molecule has 0 bridgehead atoms. The highest BCUT2D eigenvalue weighted by Crippen LogP contribution is 2.29. The van der Waals surface area contributed by atoms with Gasteiger partial charge in [-0.1, -0.05) is 66.4 Å². The Bertz CT molecular complexity index is 1280. The van der Waals surface area contributed by atoms with Gasteiger partial charge in [0.05, 0.1) is 23.4 Å². The van der Waals surface area contributed by atoms with E-state index in [1.165, 1.54) is 17.3 Å². The first-order chi connectivity index (χ1) is 16.1. The van der Waals surface area contributed by atoms with Crippen LogP contribution in [0, 0.1) is 6.92 Å². The summed E-state index contributed by atoms with van der Waals surface area (Å²) in [6, 6.07) is 18.0. The number of para-hydroxylation sites is 1. The van der Waals surface area contributed by atoms with E-state index in [-0.39, 0.29) is 5.97 Å². The van der Waals surface area contributed by atoms with Crippen molar-refractivity contribution in [1.29, 1.82) is 0 Å². The quantitative estimate of drug-likeness (QED) is 0.191. The molecule has 0 saturated carbocycles. The summed E-state index contributed by atoms with van der Waals surface area (Å²) in [5.74, 6) is 0.999. The first-order valence-electron chi connectivity index (χ1n) is 10.9. The Morgan fingerprint density at radius 3 is 2.64 bits per heavy atom. The van der Waals surface area contributed by atoms with E-state index in [2.05, 4.69) is 33.5 Å². The molecule has 0 unspecified atom stereocenters. The molecule has 4 aromatic rings. The molecule has 0 atom stereocenters. The van der Waals surface area contributed by atoms with Crippen LogP contribution in [0.1, 0.15) is 39.9 Å². The van der Waals surface area contributed by atoms with Crippen LogP contribution in [0.25, 0.3) is 10.9 Å². The van der Waals surface area contributed by atoms with Gasteiger partial charge in [0.1, 0.15) is 5.82 Å². The molecular formula is C26H26N4O2S. The second-order valence-electron chi connectivity index (χ2n) is 7.55. The average Bonchev–Trinajstić information content (AvgIpc) is 3.20. The van der Waals surface area contributed by atoms with Gasteiger partial charge in [-0.05, 0) is 31.0 Å². The summed E-state index contributed by atoms with van der Waals surface area (Å²) in [6.07, 6.45) is 2.52. The molecule has 0 spiro atoms. The van der Waals surface area contributed by atoms with Crippen molar-refractivity contribution in [2.45, 2.75) is 37.7 Å². The summed E-state index contributed by atoms with van der Waals surface area (Å²) in [6.45, 7) is 8.56. The largest absolute Gasteiger partial charge is 0.462 e. The van der Waals surface area contributed by atoms with Gasteiger partial charge in [-0.15, -0.1) is 16.8 Å². The zero-order valence-electron chi connectivity index (χ0n) is 18.8. The third-order valence-electron chi connectivity index (χ3n) is 5.35. The lowest BCUT2D eigenvalue weighted by atomic mass is 10.0. The number of nitrogens with zero attached hydrogens (tertiary/aromatic N) is 4. The van der Waals surface area contributed by atoms with E-state index in [9.17, 15) is 4.79 Å². The number of pyridine rings is 1. The number of fused-ring (bicyclic) bond motifs is 1. The van der Waals surface area contributed by atoms with Gasteiger partial charge in [-0.3, -0.25) is 4.98 Å². The first kappa shape index (κ1) is 22.7. The Morgan fingerprint density at radius 1 is 1.12 bits per heavy atom. The Hall–Kier alpha value is -3.45. The maximum absolute atomic E-state index is 12.8. The minimum absolute atomic E-state index is 0.314. The van der Waals surface area contributed by atoms with Gasteiger partial charge in [0.15, 0.2) is 5.16 Å². The minimum Gasteiger partial charge on any atom is -0.462 e. The van der Waals surface area contributed by atoms with Crippen molar-refractivity contribution in [2.75, 3.05) is 6.61 Å². The zero-order valence-corrected chi connectivity index (χ0v) is 19.6. The molecule has 33 heavy (non-hydrogen) atoms. The predicted octanol–water partition coefficient (Wildman–Crippen LogP) is 5.38. The van der Waals surface area contributed by atoms with E-state index in [1.54, 1.807) is 0 Å². The van der Waals surface area contributed by atoms with Crippen molar-refractivity contribution in [2.24, 2.45) is 0 Å². The van der Waals surface area contributed by atoms with E-state index in [1.807, 2.05) is 62.4 Å². The monoisotopic (exact) mass is 458 g/mol. The van der Waals surface area contributed by atoms with Crippen molar-refractivity contribution in [3.8, 4) is 0 Å². The lowest BCUT2D eigenvalue weighted by molar-refractivity contribution is 0.0524. The number of ether oxygens (including phenoxy) is 1. The third-order valence-corrected chi connectivity index (χ3v) is 6.33. The number of rotatable bonds is 9. The van der Waals surface area contributed by atoms with Gasteiger partial charge in [-0.25, -0.2) is 4.79 Å². The molecule has 2 aromatic carbocycles. The van der Waals surface area contributed by atoms with E-state index >= 15 is 0 Å². The number of allylic oxidation sites excluding steroid dienone is 1. The van der Waals surface area contributed by atoms with Gasteiger partial charge >= 0.3 is 5.97 Å². The number of aryl methyl sites for hydroxylation is 1. The lowest BCUT2D eigenvalue weighted by Gasteiger charge is -2.14. The molecule has 0 aliphatic rings. The highest BCUT2D eigenvalue weighted by Gasteiger charge is 2.21. The van der Waals surface area contributed by atoms with Gasteiger partial charge in [0.2, 0.25) is 0 Å². The van der Waals surface area contributed by atoms with Crippen LogP contribution in [0.5, 0.6) is 0 Å². The topological polar surface area (TPSA) is 69.9 Å². The molecule has 0 radical (unpaired) electrons. The standard InChI is InChI=1S/C26H26N4O2S/c1-4-15-30-23(16-19-11-7-6-8-12-19)28-29-26(30)33-17-22-24(25(31)32-5-2)18(3)20-13-9-10-14-21(20)27-22/h4,6-14H,1,5,15-17H2,2-3H3. The number of hydrogen-bond donors (Lipinski definition) is 0. The Morgan fingerprint density at radius 2 is 1.88 bits per heavy atom. The zero-order chi connectivity index (χ0) is 23.2. The van der Waals surface area contributed by atoms with E-state index in [0.717, 1.165) is 27.4 Å². The number of aromatic nitrogens is 4. The van der Waals surface area contributed by atoms with E-state index < -0.39 is 0 Å². The van der Waals surface area contributed by atoms with Crippen LogP contribution in [0.15, 0.2) is 72.4 Å². The van der Waals surface area contributed by atoms with Crippen LogP contribution in [-0.4, -0.2) is 32.3 Å². The predicted molar refractivity (Wildman–Crippen MR) is 131 cm³/mol. The number of esters is 1. The summed E-state index contributed by atoms with van der Waals surface area (Å²) in [7, 11) is 0. The fourth-order valence-corrected chi connectivity index (χ4v) is 4.71. The smallest absolute Gasteiger partial charge is 0.340 e. The molecule has 4 rings (SSSR count).